The third kappa shape index (κ3) is 3.10. The van der Waals surface area contributed by atoms with E-state index in [0.29, 0.717) is 6.42 Å². The van der Waals surface area contributed by atoms with Gasteiger partial charge in [-0.15, -0.1) is 0 Å². The molecular weight excluding hydrogens is 250 g/mol. The summed E-state index contributed by atoms with van der Waals surface area (Å²) in [6.07, 6.45) is 5.40. The highest BCUT2D eigenvalue weighted by atomic mass is 16.5. The fourth-order valence-corrected chi connectivity index (χ4v) is 2.33. The van der Waals surface area contributed by atoms with Crippen LogP contribution in [0.4, 0.5) is 0 Å². The van der Waals surface area contributed by atoms with E-state index in [1.54, 1.807) is 14.0 Å². The van der Waals surface area contributed by atoms with Crippen molar-refractivity contribution in [3.05, 3.63) is 41.1 Å². The predicted octanol–water partition coefficient (Wildman–Crippen LogP) is 3.82. The lowest BCUT2D eigenvalue weighted by Gasteiger charge is -2.08. The molecule has 3 heteroatoms. The maximum atomic E-state index is 11.3. The minimum absolute atomic E-state index is 0.174. The Bertz CT molecular complexity index is 661. The molecule has 0 saturated heterocycles. The number of fused-ring (bicyclic) bond motifs is 1. The number of carbonyl (C=O) groups is 1. The van der Waals surface area contributed by atoms with Crippen LogP contribution in [0.25, 0.3) is 10.9 Å². The van der Waals surface area contributed by atoms with Crippen molar-refractivity contribution in [1.29, 1.82) is 0 Å². The fraction of sp³-hybridized carbons (Fsp3) is 0.353. The van der Waals surface area contributed by atoms with Crippen LogP contribution in [-0.2, 0) is 17.6 Å². The molecule has 0 aliphatic heterocycles. The molecule has 0 unspecified atom stereocenters. The van der Waals surface area contributed by atoms with E-state index in [9.17, 15) is 4.79 Å². The van der Waals surface area contributed by atoms with Crippen LogP contribution in [0.1, 0.15) is 31.9 Å². The molecule has 3 nitrogen and oxygen atoms in total. The lowest BCUT2D eigenvalue weighted by molar-refractivity contribution is -0.116. The van der Waals surface area contributed by atoms with Crippen molar-refractivity contribution in [3.8, 4) is 5.75 Å². The first-order valence-electron chi connectivity index (χ1n) is 6.81. The molecule has 0 aliphatic carbocycles. The molecule has 0 amide bonds. The van der Waals surface area contributed by atoms with E-state index < -0.39 is 0 Å². The topological polar surface area (TPSA) is 42.1 Å². The van der Waals surface area contributed by atoms with E-state index in [-0.39, 0.29) is 5.78 Å². The molecule has 20 heavy (non-hydrogen) atoms. The van der Waals surface area contributed by atoms with Crippen LogP contribution in [0.3, 0.4) is 0 Å². The lowest BCUT2D eigenvalue weighted by Crippen LogP contribution is -1.96. The number of aromatic nitrogens is 1. The quantitative estimate of drug-likeness (QED) is 0.840. The van der Waals surface area contributed by atoms with Crippen LogP contribution in [0.5, 0.6) is 5.75 Å². The summed E-state index contributed by atoms with van der Waals surface area (Å²) in [4.78, 5) is 14.5. The molecule has 0 spiro atoms. The molecule has 0 radical (unpaired) electrons. The highest BCUT2D eigenvalue weighted by Crippen LogP contribution is 2.29. The van der Waals surface area contributed by atoms with Gasteiger partial charge in [0.15, 0.2) is 0 Å². The second-order valence-corrected chi connectivity index (χ2v) is 5.39. The number of aromatic amines is 1. The first-order chi connectivity index (χ1) is 9.51. The highest BCUT2D eigenvalue weighted by molar-refractivity contribution is 5.90. The van der Waals surface area contributed by atoms with Crippen LogP contribution < -0.4 is 4.74 Å². The minimum Gasteiger partial charge on any atom is -0.496 e. The van der Waals surface area contributed by atoms with Gasteiger partial charge in [0, 0.05) is 29.6 Å². The summed E-state index contributed by atoms with van der Waals surface area (Å²) < 4.78 is 5.46. The Morgan fingerprint density at radius 1 is 1.25 bits per heavy atom. The maximum Gasteiger partial charge on any atom is 0.134 e. The molecule has 0 aliphatic rings. The Morgan fingerprint density at radius 2 is 2.00 bits per heavy atom. The molecule has 1 aromatic heterocycles. The molecule has 2 aromatic rings. The monoisotopic (exact) mass is 271 g/mol. The number of H-pyrrole nitrogens is 1. The Labute approximate surface area is 119 Å². The van der Waals surface area contributed by atoms with E-state index in [0.717, 1.165) is 34.2 Å². The number of Topliss-reactive ketones (excluding diaryl/α,β-unsaturated/α-hetero) is 1. The van der Waals surface area contributed by atoms with Gasteiger partial charge in [0.05, 0.1) is 7.11 Å². The zero-order valence-electron chi connectivity index (χ0n) is 12.5. The molecule has 1 N–H and O–H groups in total. The lowest BCUT2D eigenvalue weighted by atomic mass is 10.0. The van der Waals surface area contributed by atoms with Gasteiger partial charge in [-0.3, -0.25) is 4.79 Å². The summed E-state index contributed by atoms with van der Waals surface area (Å²) in [6, 6.07) is 4.13. The Balaban J connectivity index is 2.49. The zero-order chi connectivity index (χ0) is 14.7. The Morgan fingerprint density at radius 3 is 2.60 bits per heavy atom. The number of rotatable bonds is 5. The standard InChI is InChI=1S/C17H21NO2/c1-11(2)5-6-13-8-15-14(7-12(3)19)10-18-16(15)9-17(13)20-4/h5,8-10,18H,6-7H2,1-4H3. The normalized spacial score (nSPS) is 10.6. The summed E-state index contributed by atoms with van der Waals surface area (Å²) in [5.41, 5.74) is 4.49. The number of allylic oxidation sites excluding steroid dienone is 2. The highest BCUT2D eigenvalue weighted by Gasteiger charge is 2.10. The molecule has 0 atom stereocenters. The summed E-state index contributed by atoms with van der Waals surface area (Å²) >= 11 is 0. The largest absolute Gasteiger partial charge is 0.496 e. The van der Waals surface area contributed by atoms with Crippen molar-refractivity contribution in [2.24, 2.45) is 0 Å². The van der Waals surface area contributed by atoms with Crippen molar-refractivity contribution < 1.29 is 9.53 Å². The molecule has 0 fully saturated rings. The number of benzene rings is 1. The van der Waals surface area contributed by atoms with Crippen molar-refractivity contribution in [3.63, 3.8) is 0 Å². The minimum atomic E-state index is 0.174. The predicted molar refractivity (Wildman–Crippen MR) is 82.4 cm³/mol. The van der Waals surface area contributed by atoms with Gasteiger partial charge in [0.25, 0.3) is 0 Å². The number of ketones is 1. The summed E-state index contributed by atoms with van der Waals surface area (Å²) in [5, 5.41) is 1.11. The van der Waals surface area contributed by atoms with Gasteiger partial charge < -0.3 is 9.72 Å². The summed E-state index contributed by atoms with van der Waals surface area (Å²) in [7, 11) is 1.69. The number of hydrogen-bond donors (Lipinski definition) is 1. The molecule has 1 aromatic carbocycles. The first-order valence-corrected chi connectivity index (χ1v) is 6.81. The number of ether oxygens (including phenoxy) is 1. The van der Waals surface area contributed by atoms with E-state index in [2.05, 4.69) is 31.0 Å². The van der Waals surface area contributed by atoms with Crippen molar-refractivity contribution in [1.82, 2.24) is 4.98 Å². The Hall–Kier alpha value is -2.03. The number of hydrogen-bond acceptors (Lipinski definition) is 2. The van der Waals surface area contributed by atoms with Gasteiger partial charge >= 0.3 is 0 Å². The second kappa shape index (κ2) is 5.95. The molecule has 2 rings (SSSR count). The molecule has 0 saturated carbocycles. The fourth-order valence-electron chi connectivity index (χ4n) is 2.33. The van der Waals surface area contributed by atoms with Crippen LogP contribution in [0.2, 0.25) is 0 Å². The second-order valence-electron chi connectivity index (χ2n) is 5.39. The SMILES string of the molecule is COc1cc2[nH]cc(CC(C)=O)c2cc1CC=C(C)C. The molecular formula is C17H21NO2. The van der Waals surface area contributed by atoms with Crippen LogP contribution >= 0.6 is 0 Å². The van der Waals surface area contributed by atoms with E-state index >= 15 is 0 Å². The van der Waals surface area contributed by atoms with Gasteiger partial charge in [0.1, 0.15) is 11.5 Å². The smallest absolute Gasteiger partial charge is 0.134 e. The van der Waals surface area contributed by atoms with Crippen molar-refractivity contribution in [2.45, 2.75) is 33.6 Å². The summed E-state index contributed by atoms with van der Waals surface area (Å²) in [6.45, 7) is 5.79. The third-order valence-electron chi connectivity index (χ3n) is 3.34. The van der Waals surface area contributed by atoms with Crippen LogP contribution in [-0.4, -0.2) is 17.9 Å². The van der Waals surface area contributed by atoms with Crippen molar-refractivity contribution >= 4 is 16.7 Å². The van der Waals surface area contributed by atoms with Gasteiger partial charge in [-0.1, -0.05) is 11.6 Å². The summed E-state index contributed by atoms with van der Waals surface area (Å²) in [5.74, 6) is 1.05. The maximum absolute atomic E-state index is 11.3. The molecule has 106 valence electrons. The average molecular weight is 271 g/mol. The molecule has 1 heterocycles. The number of carbonyl (C=O) groups excluding carboxylic acids is 1. The van der Waals surface area contributed by atoms with E-state index in [1.807, 2.05) is 12.3 Å². The van der Waals surface area contributed by atoms with Gasteiger partial charge in [-0.2, -0.15) is 0 Å². The van der Waals surface area contributed by atoms with Crippen LogP contribution in [0.15, 0.2) is 30.0 Å². The zero-order valence-corrected chi connectivity index (χ0v) is 12.5. The van der Waals surface area contributed by atoms with E-state index in [4.69, 9.17) is 4.74 Å². The Kier molecular flexibility index (Phi) is 4.28. The molecule has 0 bridgehead atoms. The number of methoxy groups -OCH3 is 1. The van der Waals surface area contributed by atoms with Gasteiger partial charge in [-0.25, -0.2) is 0 Å². The van der Waals surface area contributed by atoms with Crippen molar-refractivity contribution in [2.75, 3.05) is 7.11 Å². The number of nitrogens with one attached hydrogen (secondary N) is 1. The van der Waals surface area contributed by atoms with Gasteiger partial charge in [-0.05, 0) is 44.4 Å². The van der Waals surface area contributed by atoms with Gasteiger partial charge in [0.2, 0.25) is 0 Å². The van der Waals surface area contributed by atoms with Crippen LogP contribution in [0, 0.1) is 0 Å². The average Bonchev–Trinajstić information content (AvgIpc) is 2.76. The third-order valence-corrected chi connectivity index (χ3v) is 3.34. The van der Waals surface area contributed by atoms with E-state index in [1.165, 1.54) is 5.57 Å². The first kappa shape index (κ1) is 14.4.